The van der Waals surface area contributed by atoms with Gasteiger partial charge in [0.25, 0.3) is 0 Å². The average molecular weight is 200 g/mol. The van der Waals surface area contributed by atoms with Crippen molar-refractivity contribution < 1.29 is 15.0 Å². The maximum absolute atomic E-state index is 11.2. The van der Waals surface area contributed by atoms with Crippen LogP contribution in [0.5, 0.6) is 0 Å². The summed E-state index contributed by atoms with van der Waals surface area (Å²) in [5.74, 6) is -0.717. The lowest BCUT2D eigenvalue weighted by molar-refractivity contribution is -0.150. The molecule has 0 spiro atoms. The summed E-state index contributed by atoms with van der Waals surface area (Å²) in [6.45, 7) is 2.01. The van der Waals surface area contributed by atoms with Gasteiger partial charge in [0.15, 0.2) is 0 Å². The van der Waals surface area contributed by atoms with Gasteiger partial charge in [-0.2, -0.15) is 0 Å². The molecule has 82 valence electrons. The third-order valence-corrected chi connectivity index (χ3v) is 3.26. The van der Waals surface area contributed by atoms with E-state index in [1.807, 2.05) is 6.92 Å². The minimum atomic E-state index is -0.717. The van der Waals surface area contributed by atoms with Crippen molar-refractivity contribution in [2.45, 2.75) is 58.0 Å². The van der Waals surface area contributed by atoms with E-state index in [-0.39, 0.29) is 0 Å². The Morgan fingerprint density at radius 3 is 2.43 bits per heavy atom. The van der Waals surface area contributed by atoms with Crippen molar-refractivity contribution >= 4 is 5.97 Å². The molecule has 0 saturated heterocycles. The number of carboxylic acid groups (broad SMARTS) is 1. The highest BCUT2D eigenvalue weighted by molar-refractivity contribution is 5.75. The molecule has 0 aliphatic heterocycles. The Balaban J connectivity index is 2.55. The van der Waals surface area contributed by atoms with Gasteiger partial charge in [-0.25, -0.2) is 0 Å². The molecule has 0 aromatic carbocycles. The lowest BCUT2D eigenvalue weighted by Crippen LogP contribution is -2.32. The molecule has 14 heavy (non-hydrogen) atoms. The number of aliphatic carboxylic acids is 1. The zero-order valence-corrected chi connectivity index (χ0v) is 8.83. The Hall–Kier alpha value is -0.570. The van der Waals surface area contributed by atoms with Crippen molar-refractivity contribution in [3.8, 4) is 0 Å². The van der Waals surface area contributed by atoms with E-state index in [0.717, 1.165) is 38.5 Å². The fourth-order valence-corrected chi connectivity index (χ4v) is 2.44. The molecule has 1 aliphatic carbocycles. The highest BCUT2D eigenvalue weighted by atomic mass is 16.4. The molecule has 0 radical (unpaired) electrons. The minimum Gasteiger partial charge on any atom is -0.481 e. The van der Waals surface area contributed by atoms with Crippen LogP contribution in [0.4, 0.5) is 0 Å². The van der Waals surface area contributed by atoms with Gasteiger partial charge in [0, 0.05) is 0 Å². The van der Waals surface area contributed by atoms with Crippen LogP contribution in [0.3, 0.4) is 0 Å². The third-order valence-electron chi connectivity index (χ3n) is 3.26. The molecule has 3 heteroatoms. The van der Waals surface area contributed by atoms with Crippen molar-refractivity contribution in [3.63, 3.8) is 0 Å². The Morgan fingerprint density at radius 2 is 2.00 bits per heavy atom. The smallest absolute Gasteiger partial charge is 0.309 e. The minimum absolute atomic E-state index is 0.436. The van der Waals surface area contributed by atoms with E-state index in [4.69, 9.17) is 5.11 Å². The summed E-state index contributed by atoms with van der Waals surface area (Å²) in [5.41, 5.74) is -0.616. The van der Waals surface area contributed by atoms with Crippen LogP contribution in [-0.2, 0) is 4.79 Å². The van der Waals surface area contributed by atoms with Gasteiger partial charge in [0.05, 0.1) is 11.5 Å². The van der Waals surface area contributed by atoms with Gasteiger partial charge in [-0.1, -0.05) is 26.2 Å². The summed E-state index contributed by atoms with van der Waals surface area (Å²) in [5, 5.41) is 18.8. The Morgan fingerprint density at radius 1 is 1.43 bits per heavy atom. The fraction of sp³-hybridized carbons (Fsp3) is 0.909. The molecule has 1 aliphatic rings. The number of carboxylic acids is 1. The van der Waals surface area contributed by atoms with Crippen LogP contribution in [0.2, 0.25) is 0 Å². The van der Waals surface area contributed by atoms with Gasteiger partial charge in [0.2, 0.25) is 0 Å². The average Bonchev–Trinajstić information content (AvgIpc) is 2.54. The Labute approximate surface area is 85.1 Å². The molecular formula is C11H20O3. The summed E-state index contributed by atoms with van der Waals surface area (Å²) < 4.78 is 0. The monoisotopic (exact) mass is 200 g/mol. The van der Waals surface area contributed by atoms with E-state index in [1.54, 1.807) is 0 Å². The van der Waals surface area contributed by atoms with Crippen molar-refractivity contribution in [1.82, 2.24) is 0 Å². The summed E-state index contributed by atoms with van der Waals surface area (Å²) >= 11 is 0. The second-order valence-corrected chi connectivity index (χ2v) is 4.44. The van der Waals surface area contributed by atoms with Gasteiger partial charge in [-0.15, -0.1) is 0 Å². The van der Waals surface area contributed by atoms with Crippen LogP contribution in [-0.4, -0.2) is 22.3 Å². The van der Waals surface area contributed by atoms with E-state index in [9.17, 15) is 9.90 Å². The molecular weight excluding hydrogens is 180 g/mol. The molecule has 3 nitrogen and oxygen atoms in total. The van der Waals surface area contributed by atoms with E-state index in [0.29, 0.717) is 6.42 Å². The predicted octanol–water partition coefficient (Wildman–Crippen LogP) is 2.18. The molecule has 0 heterocycles. The van der Waals surface area contributed by atoms with Crippen LogP contribution in [0.1, 0.15) is 51.9 Å². The molecule has 0 aromatic rings. The fourth-order valence-electron chi connectivity index (χ4n) is 2.44. The number of aliphatic hydroxyl groups is 1. The first-order valence-electron chi connectivity index (χ1n) is 5.52. The molecule has 1 rings (SSSR count). The topological polar surface area (TPSA) is 57.5 Å². The first-order valence-corrected chi connectivity index (χ1v) is 5.52. The molecule has 1 unspecified atom stereocenters. The highest BCUT2D eigenvalue weighted by Gasteiger charge is 2.42. The van der Waals surface area contributed by atoms with Gasteiger partial charge < -0.3 is 10.2 Å². The van der Waals surface area contributed by atoms with Gasteiger partial charge in [-0.3, -0.25) is 4.79 Å². The highest BCUT2D eigenvalue weighted by Crippen LogP contribution is 2.42. The second kappa shape index (κ2) is 4.78. The second-order valence-electron chi connectivity index (χ2n) is 4.44. The quantitative estimate of drug-likeness (QED) is 0.715. The van der Waals surface area contributed by atoms with Crippen molar-refractivity contribution in [1.29, 1.82) is 0 Å². The van der Waals surface area contributed by atoms with Crippen LogP contribution >= 0.6 is 0 Å². The van der Waals surface area contributed by atoms with Crippen LogP contribution in [0.15, 0.2) is 0 Å². The van der Waals surface area contributed by atoms with Gasteiger partial charge in [0.1, 0.15) is 0 Å². The SMILES string of the molecule is CCCC(O)CC1(C(=O)O)CCCC1. The molecule has 0 bridgehead atoms. The molecule has 1 saturated carbocycles. The summed E-state index contributed by atoms with van der Waals surface area (Å²) in [4.78, 5) is 11.2. The maximum Gasteiger partial charge on any atom is 0.309 e. The largest absolute Gasteiger partial charge is 0.481 e. The third kappa shape index (κ3) is 2.47. The van der Waals surface area contributed by atoms with Crippen molar-refractivity contribution in [3.05, 3.63) is 0 Å². The summed E-state index contributed by atoms with van der Waals surface area (Å²) in [6.07, 6.45) is 5.10. The van der Waals surface area contributed by atoms with Crippen molar-refractivity contribution in [2.24, 2.45) is 5.41 Å². The van der Waals surface area contributed by atoms with E-state index in [1.165, 1.54) is 0 Å². The first kappa shape index (κ1) is 11.5. The lowest BCUT2D eigenvalue weighted by Gasteiger charge is -2.26. The first-order chi connectivity index (χ1) is 6.60. The van der Waals surface area contributed by atoms with Gasteiger partial charge in [-0.05, 0) is 25.7 Å². The zero-order chi connectivity index (χ0) is 10.6. The number of rotatable bonds is 5. The lowest BCUT2D eigenvalue weighted by atomic mass is 9.80. The molecule has 2 N–H and O–H groups in total. The number of aliphatic hydroxyl groups excluding tert-OH is 1. The van der Waals surface area contributed by atoms with E-state index in [2.05, 4.69) is 0 Å². The summed E-state index contributed by atoms with van der Waals surface area (Å²) in [7, 11) is 0. The Bertz CT molecular complexity index is 195. The van der Waals surface area contributed by atoms with Crippen LogP contribution < -0.4 is 0 Å². The number of carbonyl (C=O) groups is 1. The van der Waals surface area contributed by atoms with Crippen molar-refractivity contribution in [2.75, 3.05) is 0 Å². The molecule has 0 amide bonds. The van der Waals surface area contributed by atoms with Gasteiger partial charge >= 0.3 is 5.97 Å². The van der Waals surface area contributed by atoms with E-state index < -0.39 is 17.5 Å². The molecule has 1 atom stereocenters. The van der Waals surface area contributed by atoms with Crippen LogP contribution in [0, 0.1) is 5.41 Å². The predicted molar refractivity (Wildman–Crippen MR) is 54.1 cm³/mol. The number of hydrogen-bond acceptors (Lipinski definition) is 2. The number of hydrogen-bond donors (Lipinski definition) is 2. The normalized spacial score (nSPS) is 22.1. The zero-order valence-electron chi connectivity index (χ0n) is 8.83. The maximum atomic E-state index is 11.2. The Kier molecular flexibility index (Phi) is 3.93. The van der Waals surface area contributed by atoms with E-state index >= 15 is 0 Å². The van der Waals surface area contributed by atoms with Crippen LogP contribution in [0.25, 0.3) is 0 Å². The summed E-state index contributed by atoms with van der Waals surface area (Å²) in [6, 6.07) is 0. The standard InChI is InChI=1S/C11H20O3/c1-2-5-9(12)8-11(10(13)14)6-3-4-7-11/h9,12H,2-8H2,1H3,(H,13,14). The molecule has 0 aromatic heterocycles. The molecule has 1 fully saturated rings.